The van der Waals surface area contributed by atoms with E-state index < -0.39 is 5.78 Å². The molecule has 11 heavy (non-hydrogen) atoms. The Bertz CT molecular complexity index is 220. The van der Waals surface area contributed by atoms with Crippen molar-refractivity contribution in [1.82, 2.24) is 0 Å². The molecule has 0 aromatic rings. The van der Waals surface area contributed by atoms with Gasteiger partial charge in [0, 0.05) is 6.42 Å². The van der Waals surface area contributed by atoms with Gasteiger partial charge < -0.3 is 4.84 Å². The molecule has 1 aliphatic rings. The second kappa shape index (κ2) is 3.27. The molecule has 1 saturated carbocycles. The summed E-state index contributed by atoms with van der Waals surface area (Å²) in [5.41, 5.74) is 0.253. The van der Waals surface area contributed by atoms with E-state index in [0.717, 1.165) is 0 Å². The lowest BCUT2D eigenvalue weighted by atomic mass is 9.96. The highest BCUT2D eigenvalue weighted by Crippen LogP contribution is 2.08. The summed E-state index contributed by atoms with van der Waals surface area (Å²) in [4.78, 5) is 26.2. The molecule has 0 aliphatic heterocycles. The Morgan fingerprint density at radius 2 is 2.09 bits per heavy atom. The van der Waals surface area contributed by atoms with Gasteiger partial charge in [-0.05, 0) is 12.8 Å². The maximum atomic E-state index is 11.0. The van der Waals surface area contributed by atoms with E-state index in [2.05, 4.69) is 9.99 Å². The molecule has 0 saturated heterocycles. The van der Waals surface area contributed by atoms with E-state index in [1.165, 1.54) is 7.11 Å². The van der Waals surface area contributed by atoms with E-state index in [-0.39, 0.29) is 11.5 Å². The number of hydrogen-bond donors (Lipinski definition) is 0. The highest BCUT2D eigenvalue weighted by molar-refractivity contribution is 6.66. The van der Waals surface area contributed by atoms with Crippen molar-refractivity contribution in [2.75, 3.05) is 7.11 Å². The molecule has 0 atom stereocenters. The van der Waals surface area contributed by atoms with Crippen LogP contribution in [0.3, 0.4) is 0 Å². The fraction of sp³-hybridized carbons (Fsp3) is 0.571. The number of ketones is 2. The minimum absolute atomic E-state index is 0.253. The highest BCUT2D eigenvalue weighted by Gasteiger charge is 2.25. The fourth-order valence-corrected chi connectivity index (χ4v) is 1.00. The Morgan fingerprint density at radius 3 is 2.73 bits per heavy atom. The van der Waals surface area contributed by atoms with E-state index in [0.29, 0.717) is 19.3 Å². The summed E-state index contributed by atoms with van der Waals surface area (Å²) in [5, 5.41) is 3.46. The SMILES string of the molecule is CON=C1CCCC(=O)C1=O. The first-order valence-electron chi connectivity index (χ1n) is 3.43. The standard InChI is InChI=1S/C7H9NO3/c1-11-8-5-3-2-4-6(9)7(5)10/h2-4H2,1H3. The third-order valence-corrected chi connectivity index (χ3v) is 1.53. The molecular formula is C7H9NO3. The van der Waals surface area contributed by atoms with Crippen LogP contribution in [0.1, 0.15) is 19.3 Å². The zero-order valence-corrected chi connectivity index (χ0v) is 6.29. The Labute approximate surface area is 64.2 Å². The molecule has 0 spiro atoms. The molecule has 0 aromatic carbocycles. The van der Waals surface area contributed by atoms with Gasteiger partial charge in [-0.15, -0.1) is 0 Å². The Morgan fingerprint density at radius 1 is 1.36 bits per heavy atom. The molecule has 0 radical (unpaired) electrons. The van der Waals surface area contributed by atoms with E-state index in [9.17, 15) is 9.59 Å². The summed E-state index contributed by atoms with van der Waals surface area (Å²) in [6.45, 7) is 0. The van der Waals surface area contributed by atoms with Crippen molar-refractivity contribution in [1.29, 1.82) is 0 Å². The van der Waals surface area contributed by atoms with Crippen LogP contribution in [0.5, 0.6) is 0 Å². The van der Waals surface area contributed by atoms with Gasteiger partial charge in [0.1, 0.15) is 12.8 Å². The number of nitrogens with zero attached hydrogens (tertiary/aromatic N) is 1. The van der Waals surface area contributed by atoms with Crippen molar-refractivity contribution in [2.24, 2.45) is 5.16 Å². The largest absolute Gasteiger partial charge is 0.399 e. The summed E-state index contributed by atoms with van der Waals surface area (Å²) in [7, 11) is 1.36. The maximum Gasteiger partial charge on any atom is 0.246 e. The third kappa shape index (κ3) is 1.63. The van der Waals surface area contributed by atoms with E-state index in [1.54, 1.807) is 0 Å². The minimum Gasteiger partial charge on any atom is -0.399 e. The predicted octanol–water partition coefficient (Wildman–Crippen LogP) is 0.311. The van der Waals surface area contributed by atoms with E-state index >= 15 is 0 Å². The van der Waals surface area contributed by atoms with Crippen LogP contribution in [0.2, 0.25) is 0 Å². The number of carbonyl (C=O) groups excluding carboxylic acids is 2. The lowest BCUT2D eigenvalue weighted by Gasteiger charge is -2.08. The van der Waals surface area contributed by atoms with Crippen LogP contribution in [-0.2, 0) is 14.4 Å². The molecule has 0 heterocycles. The molecule has 1 aliphatic carbocycles. The first-order chi connectivity index (χ1) is 5.25. The van der Waals surface area contributed by atoms with Gasteiger partial charge in [-0.3, -0.25) is 9.59 Å². The molecule has 1 fully saturated rings. The lowest BCUT2D eigenvalue weighted by Crippen LogP contribution is -2.28. The van der Waals surface area contributed by atoms with Crippen molar-refractivity contribution in [2.45, 2.75) is 19.3 Å². The quantitative estimate of drug-likeness (QED) is 0.404. The summed E-state index contributed by atoms with van der Waals surface area (Å²) in [5.74, 6) is -0.842. The van der Waals surface area contributed by atoms with Crippen LogP contribution in [0.4, 0.5) is 0 Å². The molecule has 0 unspecified atom stereocenters. The van der Waals surface area contributed by atoms with Gasteiger partial charge in [0.2, 0.25) is 11.6 Å². The van der Waals surface area contributed by atoms with Crippen LogP contribution in [-0.4, -0.2) is 24.4 Å². The smallest absolute Gasteiger partial charge is 0.246 e. The molecule has 0 amide bonds. The first-order valence-corrected chi connectivity index (χ1v) is 3.43. The van der Waals surface area contributed by atoms with Gasteiger partial charge in [0.25, 0.3) is 0 Å². The zero-order valence-electron chi connectivity index (χ0n) is 6.29. The zero-order chi connectivity index (χ0) is 8.27. The second-order valence-corrected chi connectivity index (χ2v) is 2.33. The van der Waals surface area contributed by atoms with Gasteiger partial charge in [-0.2, -0.15) is 0 Å². The van der Waals surface area contributed by atoms with Gasteiger partial charge in [0.05, 0.1) is 0 Å². The van der Waals surface area contributed by atoms with Crippen molar-refractivity contribution >= 4 is 17.3 Å². The average molecular weight is 155 g/mol. The van der Waals surface area contributed by atoms with E-state index in [1.807, 2.05) is 0 Å². The van der Waals surface area contributed by atoms with Crippen molar-refractivity contribution in [3.8, 4) is 0 Å². The number of rotatable bonds is 1. The summed E-state index contributed by atoms with van der Waals surface area (Å²) in [6, 6.07) is 0. The number of hydrogen-bond acceptors (Lipinski definition) is 4. The van der Waals surface area contributed by atoms with Crippen molar-refractivity contribution in [3.05, 3.63) is 0 Å². The lowest BCUT2D eigenvalue weighted by molar-refractivity contribution is -0.133. The summed E-state index contributed by atoms with van der Waals surface area (Å²) < 4.78 is 0. The molecule has 4 nitrogen and oxygen atoms in total. The molecule has 0 aromatic heterocycles. The average Bonchev–Trinajstić information content (AvgIpc) is 1.99. The summed E-state index contributed by atoms with van der Waals surface area (Å²) >= 11 is 0. The second-order valence-electron chi connectivity index (χ2n) is 2.33. The van der Waals surface area contributed by atoms with Crippen LogP contribution in [0, 0.1) is 0 Å². The molecule has 0 bridgehead atoms. The predicted molar refractivity (Wildman–Crippen MR) is 38.3 cm³/mol. The van der Waals surface area contributed by atoms with Gasteiger partial charge in [-0.25, -0.2) is 0 Å². The summed E-state index contributed by atoms with van der Waals surface area (Å²) in [6.07, 6.45) is 1.60. The van der Waals surface area contributed by atoms with Crippen LogP contribution in [0.15, 0.2) is 5.16 Å². The van der Waals surface area contributed by atoms with Crippen molar-refractivity contribution in [3.63, 3.8) is 0 Å². The molecule has 0 N–H and O–H groups in total. The normalized spacial score (nSPS) is 22.5. The minimum atomic E-state index is -0.488. The van der Waals surface area contributed by atoms with Crippen LogP contribution in [0.25, 0.3) is 0 Å². The monoisotopic (exact) mass is 155 g/mol. The number of Topliss-reactive ketones (excluding diaryl/α,β-unsaturated/α-hetero) is 2. The Hall–Kier alpha value is -1.19. The van der Waals surface area contributed by atoms with Gasteiger partial charge in [-0.1, -0.05) is 5.16 Å². The van der Waals surface area contributed by atoms with Crippen LogP contribution < -0.4 is 0 Å². The fourth-order valence-electron chi connectivity index (χ4n) is 1.00. The molecule has 60 valence electrons. The number of oxime groups is 1. The Balaban J connectivity index is 2.74. The van der Waals surface area contributed by atoms with Crippen LogP contribution >= 0.6 is 0 Å². The van der Waals surface area contributed by atoms with Gasteiger partial charge in [0.15, 0.2) is 0 Å². The Kier molecular flexibility index (Phi) is 2.36. The number of carbonyl (C=O) groups is 2. The van der Waals surface area contributed by atoms with Gasteiger partial charge >= 0.3 is 0 Å². The third-order valence-electron chi connectivity index (χ3n) is 1.53. The topological polar surface area (TPSA) is 55.7 Å². The molecule has 1 rings (SSSR count). The highest BCUT2D eigenvalue weighted by atomic mass is 16.6. The first kappa shape index (κ1) is 7.91. The molecule has 4 heteroatoms. The van der Waals surface area contributed by atoms with Crippen molar-refractivity contribution < 1.29 is 14.4 Å². The molecular weight excluding hydrogens is 146 g/mol. The van der Waals surface area contributed by atoms with E-state index in [4.69, 9.17) is 0 Å². The maximum absolute atomic E-state index is 11.0.